The Morgan fingerprint density at radius 1 is 0.971 bits per heavy atom. The second-order valence-electron chi connectivity index (χ2n) is 8.77. The van der Waals surface area contributed by atoms with Crippen LogP contribution in [-0.4, -0.2) is 17.1 Å². The number of aromatic nitrogens is 1. The molecular formula is C27H25FN4OS. The summed E-state index contributed by atoms with van der Waals surface area (Å²) in [5.41, 5.74) is 7.00. The van der Waals surface area contributed by atoms with E-state index in [1.807, 2.05) is 18.2 Å². The molecule has 0 spiro atoms. The lowest BCUT2D eigenvalue weighted by molar-refractivity contribution is 0.102. The zero-order chi connectivity index (χ0) is 24.1. The molecule has 2 N–H and O–H groups in total. The molecule has 0 saturated heterocycles. The third-order valence-electron chi connectivity index (χ3n) is 5.16. The van der Waals surface area contributed by atoms with Gasteiger partial charge in [0.1, 0.15) is 16.5 Å². The van der Waals surface area contributed by atoms with E-state index >= 15 is 0 Å². The third kappa shape index (κ3) is 5.74. The average Bonchev–Trinajstić information content (AvgIpc) is 3.22. The number of rotatable bonds is 6. The van der Waals surface area contributed by atoms with Crippen molar-refractivity contribution in [3.05, 3.63) is 101 Å². The first-order valence-electron chi connectivity index (χ1n) is 10.8. The lowest BCUT2D eigenvalue weighted by Gasteiger charge is -2.18. The van der Waals surface area contributed by atoms with Gasteiger partial charge in [0, 0.05) is 11.1 Å². The highest BCUT2D eigenvalue weighted by Gasteiger charge is 2.17. The molecule has 0 radical (unpaired) electrons. The molecule has 172 valence electrons. The van der Waals surface area contributed by atoms with E-state index in [9.17, 15) is 9.18 Å². The number of hydrogen-bond acceptors (Lipinski definition) is 5. The van der Waals surface area contributed by atoms with Crippen molar-refractivity contribution in [2.75, 3.05) is 10.7 Å². The van der Waals surface area contributed by atoms with Gasteiger partial charge in [-0.2, -0.15) is 5.10 Å². The predicted molar refractivity (Wildman–Crippen MR) is 138 cm³/mol. The van der Waals surface area contributed by atoms with Crippen LogP contribution in [0.15, 0.2) is 84.0 Å². The maximum Gasteiger partial charge on any atom is 0.256 e. The minimum atomic E-state index is -0.339. The van der Waals surface area contributed by atoms with Crippen LogP contribution in [-0.2, 0) is 5.41 Å². The monoisotopic (exact) mass is 472 g/mol. The zero-order valence-corrected chi connectivity index (χ0v) is 20.0. The number of halogens is 1. The Morgan fingerprint density at radius 2 is 1.65 bits per heavy atom. The Labute approximate surface area is 202 Å². The molecule has 0 bridgehead atoms. The van der Waals surface area contributed by atoms with Gasteiger partial charge in [-0.15, -0.1) is 0 Å². The molecule has 1 aromatic heterocycles. The molecule has 0 aliphatic rings. The van der Waals surface area contributed by atoms with Gasteiger partial charge < -0.3 is 5.32 Å². The number of nitrogens with zero attached hydrogens (tertiary/aromatic N) is 2. The van der Waals surface area contributed by atoms with Crippen LogP contribution in [0.2, 0.25) is 0 Å². The average molecular weight is 473 g/mol. The van der Waals surface area contributed by atoms with Crippen LogP contribution >= 0.6 is 11.3 Å². The van der Waals surface area contributed by atoms with Crippen molar-refractivity contribution < 1.29 is 9.18 Å². The van der Waals surface area contributed by atoms with Crippen LogP contribution in [0.5, 0.6) is 0 Å². The molecule has 1 heterocycles. The van der Waals surface area contributed by atoms with Gasteiger partial charge in [0.05, 0.1) is 6.21 Å². The van der Waals surface area contributed by atoms with Crippen molar-refractivity contribution in [2.45, 2.75) is 26.2 Å². The van der Waals surface area contributed by atoms with Gasteiger partial charge in [-0.1, -0.05) is 74.6 Å². The van der Waals surface area contributed by atoms with Crippen molar-refractivity contribution in [2.24, 2.45) is 5.10 Å². The summed E-state index contributed by atoms with van der Waals surface area (Å²) in [7, 11) is 0. The lowest BCUT2D eigenvalue weighted by atomic mass is 9.87. The molecule has 0 atom stereocenters. The Hall–Kier alpha value is -3.84. The molecule has 0 aliphatic carbocycles. The third-order valence-corrected chi connectivity index (χ3v) is 6.03. The second kappa shape index (κ2) is 9.97. The number of hydrazone groups is 1. The molecule has 3 aromatic carbocycles. The largest absolute Gasteiger partial charge is 0.312 e. The summed E-state index contributed by atoms with van der Waals surface area (Å²) in [5, 5.41) is 8.28. The van der Waals surface area contributed by atoms with E-state index in [4.69, 9.17) is 0 Å². The van der Waals surface area contributed by atoms with Crippen molar-refractivity contribution in [1.29, 1.82) is 0 Å². The number of hydrogen-bond donors (Lipinski definition) is 2. The van der Waals surface area contributed by atoms with Crippen LogP contribution in [0.25, 0.3) is 11.3 Å². The first-order chi connectivity index (χ1) is 16.3. The van der Waals surface area contributed by atoms with E-state index in [1.54, 1.807) is 42.6 Å². The highest BCUT2D eigenvalue weighted by Crippen LogP contribution is 2.36. The van der Waals surface area contributed by atoms with Gasteiger partial charge in [0.25, 0.3) is 5.91 Å². The molecule has 7 heteroatoms. The molecule has 34 heavy (non-hydrogen) atoms. The van der Waals surface area contributed by atoms with Crippen molar-refractivity contribution in [1.82, 2.24) is 4.98 Å². The fourth-order valence-electron chi connectivity index (χ4n) is 3.25. The number of thiazole rings is 1. The molecule has 0 saturated carbocycles. The number of benzene rings is 3. The maximum atomic E-state index is 13.4. The van der Waals surface area contributed by atoms with E-state index in [2.05, 4.69) is 53.7 Å². The Kier molecular flexibility index (Phi) is 6.84. The molecule has 4 rings (SSSR count). The smallest absolute Gasteiger partial charge is 0.256 e. The molecular weight excluding hydrogens is 447 g/mol. The lowest BCUT2D eigenvalue weighted by Crippen LogP contribution is -2.11. The van der Waals surface area contributed by atoms with Gasteiger partial charge in [-0.05, 0) is 52.9 Å². The highest BCUT2D eigenvalue weighted by atomic mass is 32.1. The van der Waals surface area contributed by atoms with E-state index in [-0.39, 0.29) is 17.1 Å². The van der Waals surface area contributed by atoms with Crippen LogP contribution in [0.4, 0.5) is 14.5 Å². The first-order valence-corrected chi connectivity index (χ1v) is 11.6. The first kappa shape index (κ1) is 23.3. The van der Waals surface area contributed by atoms with Gasteiger partial charge >= 0.3 is 0 Å². The van der Waals surface area contributed by atoms with Crippen molar-refractivity contribution in [3.63, 3.8) is 0 Å². The normalized spacial score (nSPS) is 11.5. The fourth-order valence-corrected chi connectivity index (χ4v) is 4.08. The molecule has 0 unspecified atom stereocenters. The van der Waals surface area contributed by atoms with Crippen LogP contribution in [0.1, 0.15) is 42.3 Å². The zero-order valence-electron chi connectivity index (χ0n) is 19.2. The van der Waals surface area contributed by atoms with Crippen LogP contribution in [0.3, 0.4) is 0 Å². The second-order valence-corrected chi connectivity index (χ2v) is 9.76. The highest BCUT2D eigenvalue weighted by molar-refractivity contribution is 7.20. The minimum Gasteiger partial charge on any atom is -0.312 e. The standard InChI is InChI=1S/C27H25FN4OS/c1-27(2,3)21-13-9-18(10-14-21)17-29-32-26-30-23(19-11-15-22(28)16-12-19)25(34-26)31-24(33)20-7-5-4-6-8-20/h4-17H,1-3H3,(H,30,32)(H,31,33)/b29-17+. The summed E-state index contributed by atoms with van der Waals surface area (Å²) in [5.74, 6) is -0.587. The van der Waals surface area contributed by atoms with Crippen LogP contribution in [0, 0.1) is 5.82 Å². The van der Waals surface area contributed by atoms with E-state index in [1.165, 1.54) is 29.0 Å². The summed E-state index contributed by atoms with van der Waals surface area (Å²) < 4.78 is 13.4. The molecule has 0 aliphatic heterocycles. The summed E-state index contributed by atoms with van der Waals surface area (Å²) in [6.45, 7) is 6.52. The van der Waals surface area contributed by atoms with Gasteiger partial charge in [0.2, 0.25) is 5.13 Å². The van der Waals surface area contributed by atoms with Crippen molar-refractivity contribution in [3.8, 4) is 11.3 Å². The Morgan fingerprint density at radius 3 is 2.29 bits per heavy atom. The molecule has 5 nitrogen and oxygen atoms in total. The number of anilines is 2. The van der Waals surface area contributed by atoms with Gasteiger partial charge in [-0.25, -0.2) is 9.37 Å². The number of carbonyl (C=O) groups is 1. The summed E-state index contributed by atoms with van der Waals surface area (Å²) in [6.07, 6.45) is 1.72. The van der Waals surface area contributed by atoms with E-state index in [0.717, 1.165) is 5.56 Å². The quantitative estimate of drug-likeness (QED) is 0.236. The maximum absolute atomic E-state index is 13.4. The van der Waals surface area contributed by atoms with Gasteiger partial charge in [0.15, 0.2) is 0 Å². The summed E-state index contributed by atoms with van der Waals surface area (Å²) >= 11 is 1.26. The fraction of sp³-hybridized carbons (Fsp3) is 0.148. The number of amides is 1. The predicted octanol–water partition coefficient (Wildman–Crippen LogP) is 6.95. The number of nitrogens with one attached hydrogen (secondary N) is 2. The van der Waals surface area contributed by atoms with Gasteiger partial charge in [-0.3, -0.25) is 10.2 Å². The Balaban J connectivity index is 1.55. The Bertz CT molecular complexity index is 1290. The molecule has 0 fully saturated rings. The molecule has 4 aromatic rings. The topological polar surface area (TPSA) is 66.4 Å². The van der Waals surface area contributed by atoms with Crippen molar-refractivity contribution >= 4 is 33.6 Å². The summed E-state index contributed by atoms with van der Waals surface area (Å²) in [6, 6.07) is 23.1. The van der Waals surface area contributed by atoms with E-state index < -0.39 is 0 Å². The molecule has 1 amide bonds. The van der Waals surface area contributed by atoms with E-state index in [0.29, 0.717) is 27.0 Å². The summed E-state index contributed by atoms with van der Waals surface area (Å²) in [4.78, 5) is 17.3. The minimum absolute atomic E-state index is 0.0894. The van der Waals surface area contributed by atoms with Crippen LogP contribution < -0.4 is 10.7 Å². The number of carbonyl (C=O) groups excluding carboxylic acids is 1. The SMILES string of the molecule is CC(C)(C)c1ccc(/C=N/Nc2nc(-c3ccc(F)cc3)c(NC(=O)c3ccccc3)s2)cc1.